The summed E-state index contributed by atoms with van der Waals surface area (Å²) in [6, 6.07) is 9.47. The van der Waals surface area contributed by atoms with Gasteiger partial charge in [0.25, 0.3) is 0 Å². The van der Waals surface area contributed by atoms with Crippen molar-refractivity contribution in [2.75, 3.05) is 18.8 Å². The van der Waals surface area contributed by atoms with Gasteiger partial charge in [-0.25, -0.2) is 18.4 Å². The van der Waals surface area contributed by atoms with Gasteiger partial charge in [0.1, 0.15) is 6.61 Å². The molecule has 2 N–H and O–H groups in total. The van der Waals surface area contributed by atoms with Crippen molar-refractivity contribution in [3.05, 3.63) is 35.9 Å². The number of amides is 1. The molecule has 21 heavy (non-hydrogen) atoms. The highest BCUT2D eigenvalue weighted by atomic mass is 32.2. The number of nitrogens with two attached hydrogens (primary N) is 1. The highest BCUT2D eigenvalue weighted by molar-refractivity contribution is 7.89. The molecule has 1 amide bonds. The maximum atomic E-state index is 11.9. The molecule has 0 spiro atoms. The summed E-state index contributed by atoms with van der Waals surface area (Å²) in [5.41, 5.74) is 0.940. The van der Waals surface area contributed by atoms with Gasteiger partial charge >= 0.3 is 6.09 Å². The van der Waals surface area contributed by atoms with Crippen molar-refractivity contribution in [1.29, 1.82) is 0 Å². The summed E-state index contributed by atoms with van der Waals surface area (Å²) in [4.78, 5) is 13.5. The maximum Gasteiger partial charge on any atom is 0.410 e. The SMILES string of the molecule is NS(=O)(=O)CC1CCN(C(=O)OCc2ccccc2)CC1. The largest absolute Gasteiger partial charge is 0.445 e. The second-order valence-corrected chi connectivity index (χ2v) is 6.96. The Labute approximate surface area is 124 Å². The standard InChI is InChI=1S/C14H20N2O4S/c15-21(18,19)11-13-6-8-16(9-7-13)14(17)20-10-12-4-2-1-3-5-12/h1-5,13H,6-11H2,(H2,15,18,19). The summed E-state index contributed by atoms with van der Waals surface area (Å²) in [5.74, 6) is 0.0121. The second kappa shape index (κ2) is 6.91. The van der Waals surface area contributed by atoms with E-state index in [4.69, 9.17) is 9.88 Å². The molecular weight excluding hydrogens is 292 g/mol. The predicted molar refractivity (Wildman–Crippen MR) is 78.9 cm³/mol. The molecule has 0 aromatic heterocycles. The fourth-order valence-electron chi connectivity index (χ4n) is 2.42. The molecule has 7 heteroatoms. The van der Waals surface area contributed by atoms with Crippen LogP contribution in [-0.2, 0) is 21.4 Å². The number of sulfonamides is 1. The lowest BCUT2D eigenvalue weighted by atomic mass is 9.99. The van der Waals surface area contributed by atoms with Gasteiger partial charge in [0.05, 0.1) is 5.75 Å². The average Bonchev–Trinajstić information content (AvgIpc) is 2.45. The minimum absolute atomic E-state index is 0.0140. The molecule has 0 aliphatic carbocycles. The van der Waals surface area contributed by atoms with Crippen LogP contribution in [-0.4, -0.2) is 38.3 Å². The van der Waals surface area contributed by atoms with Gasteiger partial charge in [-0.3, -0.25) is 0 Å². The number of hydrogen-bond acceptors (Lipinski definition) is 4. The van der Waals surface area contributed by atoms with Crippen LogP contribution in [0.5, 0.6) is 0 Å². The third-order valence-corrected chi connectivity index (χ3v) is 4.48. The van der Waals surface area contributed by atoms with Gasteiger partial charge in [-0.15, -0.1) is 0 Å². The topological polar surface area (TPSA) is 89.7 Å². The molecule has 116 valence electrons. The number of likely N-dealkylation sites (tertiary alicyclic amines) is 1. The summed E-state index contributed by atoms with van der Waals surface area (Å²) in [7, 11) is -3.44. The van der Waals surface area contributed by atoms with Gasteiger partial charge in [0.15, 0.2) is 0 Å². The Morgan fingerprint density at radius 2 is 1.86 bits per heavy atom. The smallest absolute Gasteiger partial charge is 0.410 e. The Kier molecular flexibility index (Phi) is 5.19. The Hall–Kier alpha value is -1.60. The summed E-state index contributed by atoms with van der Waals surface area (Å²) in [6.07, 6.45) is 0.918. The highest BCUT2D eigenvalue weighted by Crippen LogP contribution is 2.19. The van der Waals surface area contributed by atoms with Crippen molar-refractivity contribution in [2.24, 2.45) is 11.1 Å². The lowest BCUT2D eigenvalue weighted by Gasteiger charge is -2.30. The Bertz CT molecular complexity index is 566. The Morgan fingerprint density at radius 1 is 1.24 bits per heavy atom. The van der Waals surface area contributed by atoms with E-state index in [1.807, 2.05) is 30.3 Å². The molecular formula is C14H20N2O4S. The molecule has 0 bridgehead atoms. The molecule has 1 saturated heterocycles. The summed E-state index contributed by atoms with van der Waals surface area (Å²) >= 11 is 0. The predicted octanol–water partition coefficient (Wildman–Crippen LogP) is 1.32. The number of hydrogen-bond donors (Lipinski definition) is 1. The first-order valence-corrected chi connectivity index (χ1v) is 8.62. The van der Waals surface area contributed by atoms with Crippen molar-refractivity contribution in [1.82, 2.24) is 4.90 Å². The quantitative estimate of drug-likeness (QED) is 0.908. The molecule has 1 heterocycles. The highest BCUT2D eigenvalue weighted by Gasteiger charge is 2.26. The van der Waals surface area contributed by atoms with E-state index in [1.165, 1.54) is 0 Å². The van der Waals surface area contributed by atoms with E-state index in [-0.39, 0.29) is 24.4 Å². The van der Waals surface area contributed by atoms with Crippen molar-refractivity contribution >= 4 is 16.1 Å². The lowest BCUT2D eigenvalue weighted by molar-refractivity contribution is 0.0839. The van der Waals surface area contributed by atoms with Crippen LogP contribution in [0.4, 0.5) is 4.79 Å². The number of carbonyl (C=O) groups excluding carboxylic acids is 1. The van der Waals surface area contributed by atoms with Gasteiger partial charge in [0.2, 0.25) is 10.0 Å². The molecule has 1 fully saturated rings. The first kappa shape index (κ1) is 15.8. The fourth-order valence-corrected chi connectivity index (χ4v) is 3.41. The van der Waals surface area contributed by atoms with Crippen LogP contribution < -0.4 is 5.14 Å². The summed E-state index contributed by atoms with van der Waals surface area (Å²) in [6.45, 7) is 1.26. The van der Waals surface area contributed by atoms with E-state index in [2.05, 4.69) is 0 Å². The minimum atomic E-state index is -3.44. The normalized spacial score (nSPS) is 16.7. The van der Waals surface area contributed by atoms with Gasteiger partial charge < -0.3 is 9.64 Å². The second-order valence-electron chi connectivity index (χ2n) is 5.30. The molecule has 1 aliphatic heterocycles. The van der Waals surface area contributed by atoms with Crippen LogP contribution in [0.3, 0.4) is 0 Å². The molecule has 0 radical (unpaired) electrons. The third kappa shape index (κ3) is 5.35. The zero-order valence-corrected chi connectivity index (χ0v) is 12.6. The van der Waals surface area contributed by atoms with Gasteiger partial charge in [-0.05, 0) is 24.3 Å². The van der Waals surface area contributed by atoms with Crippen LogP contribution in [0, 0.1) is 5.92 Å². The molecule has 1 aliphatic rings. The van der Waals surface area contributed by atoms with E-state index in [9.17, 15) is 13.2 Å². The first-order chi connectivity index (χ1) is 9.94. The van der Waals surface area contributed by atoms with E-state index >= 15 is 0 Å². The van der Waals surface area contributed by atoms with E-state index < -0.39 is 10.0 Å². The van der Waals surface area contributed by atoms with Crippen molar-refractivity contribution in [3.8, 4) is 0 Å². The van der Waals surface area contributed by atoms with E-state index in [0.717, 1.165) is 5.56 Å². The molecule has 2 rings (SSSR count). The summed E-state index contributed by atoms with van der Waals surface area (Å²) in [5, 5.41) is 5.04. The Morgan fingerprint density at radius 3 is 2.43 bits per heavy atom. The Balaban J connectivity index is 1.75. The average molecular weight is 312 g/mol. The molecule has 1 aromatic rings. The number of nitrogens with zero attached hydrogens (tertiary/aromatic N) is 1. The van der Waals surface area contributed by atoms with E-state index in [0.29, 0.717) is 25.9 Å². The van der Waals surface area contributed by atoms with Crippen LogP contribution in [0.2, 0.25) is 0 Å². The molecule has 6 nitrogen and oxygen atoms in total. The van der Waals surface area contributed by atoms with Crippen molar-refractivity contribution in [3.63, 3.8) is 0 Å². The number of piperidine rings is 1. The monoisotopic (exact) mass is 312 g/mol. The maximum absolute atomic E-state index is 11.9. The van der Waals surface area contributed by atoms with Gasteiger partial charge in [-0.1, -0.05) is 30.3 Å². The van der Waals surface area contributed by atoms with Crippen LogP contribution >= 0.6 is 0 Å². The minimum Gasteiger partial charge on any atom is -0.445 e. The fraction of sp³-hybridized carbons (Fsp3) is 0.500. The van der Waals surface area contributed by atoms with Gasteiger partial charge in [-0.2, -0.15) is 0 Å². The zero-order chi connectivity index (χ0) is 15.3. The third-order valence-electron chi connectivity index (χ3n) is 3.55. The number of carbonyl (C=O) groups is 1. The molecule has 0 saturated carbocycles. The molecule has 1 aromatic carbocycles. The van der Waals surface area contributed by atoms with Crippen molar-refractivity contribution in [2.45, 2.75) is 19.4 Å². The lowest BCUT2D eigenvalue weighted by Crippen LogP contribution is -2.40. The van der Waals surface area contributed by atoms with Crippen molar-refractivity contribution < 1.29 is 17.9 Å². The number of primary sulfonamides is 1. The number of benzene rings is 1. The van der Waals surface area contributed by atoms with Crippen LogP contribution in [0.25, 0.3) is 0 Å². The van der Waals surface area contributed by atoms with Gasteiger partial charge in [0, 0.05) is 13.1 Å². The number of rotatable bonds is 4. The molecule has 0 atom stereocenters. The van der Waals surface area contributed by atoms with Crippen LogP contribution in [0.1, 0.15) is 18.4 Å². The molecule has 0 unspecified atom stereocenters. The number of ether oxygens (including phenoxy) is 1. The first-order valence-electron chi connectivity index (χ1n) is 6.90. The zero-order valence-electron chi connectivity index (χ0n) is 11.8. The summed E-state index contributed by atoms with van der Waals surface area (Å²) < 4.78 is 27.3. The van der Waals surface area contributed by atoms with Crippen LogP contribution in [0.15, 0.2) is 30.3 Å². The van der Waals surface area contributed by atoms with E-state index in [1.54, 1.807) is 4.90 Å².